The van der Waals surface area contributed by atoms with Gasteiger partial charge in [-0.25, -0.2) is 0 Å². The van der Waals surface area contributed by atoms with Crippen LogP contribution in [0.4, 0.5) is 0 Å². The van der Waals surface area contributed by atoms with E-state index in [4.69, 9.17) is 0 Å². The number of hydrogen-bond donors (Lipinski definition) is 1. The molecule has 0 aromatic heterocycles. The Hall–Kier alpha value is -0.560. The van der Waals surface area contributed by atoms with Crippen molar-refractivity contribution in [2.24, 2.45) is 0 Å². The maximum Gasteiger partial charge on any atom is 0.0723 e. The van der Waals surface area contributed by atoms with Crippen LogP contribution in [0.15, 0.2) is 24.3 Å². The Morgan fingerprint density at radius 2 is 1.50 bits per heavy atom. The van der Waals surface area contributed by atoms with Crippen molar-refractivity contribution < 1.29 is 5.11 Å². The standard InChI is InChI=1S/C17H32O/c1-3-5-7-9-10-11-12-14-16-17(18)15-13-8-6-4-2/h11-12,14,16-18H,3-10,13,15H2,1-2H3/b12-11+,16-14+. The highest BCUT2D eigenvalue weighted by Crippen LogP contribution is 2.06. The van der Waals surface area contributed by atoms with Gasteiger partial charge in [-0.1, -0.05) is 83.1 Å². The largest absolute Gasteiger partial charge is 0.389 e. The molecule has 1 N–H and O–H groups in total. The summed E-state index contributed by atoms with van der Waals surface area (Å²) in [6.07, 6.45) is 20.2. The first-order valence-corrected chi connectivity index (χ1v) is 7.82. The second kappa shape index (κ2) is 14.5. The first-order valence-electron chi connectivity index (χ1n) is 7.82. The van der Waals surface area contributed by atoms with Crippen molar-refractivity contribution in [3.8, 4) is 0 Å². The monoisotopic (exact) mass is 252 g/mol. The van der Waals surface area contributed by atoms with Crippen LogP contribution in [0, 0.1) is 0 Å². The van der Waals surface area contributed by atoms with Crippen molar-refractivity contribution >= 4 is 0 Å². The smallest absolute Gasteiger partial charge is 0.0723 e. The Morgan fingerprint density at radius 1 is 0.833 bits per heavy atom. The Kier molecular flexibility index (Phi) is 14.0. The lowest BCUT2D eigenvalue weighted by atomic mass is 10.1. The molecule has 0 aliphatic carbocycles. The van der Waals surface area contributed by atoms with E-state index in [-0.39, 0.29) is 6.10 Å². The minimum atomic E-state index is -0.258. The highest BCUT2D eigenvalue weighted by molar-refractivity contribution is 5.04. The third kappa shape index (κ3) is 13.5. The molecule has 1 nitrogen and oxygen atoms in total. The van der Waals surface area contributed by atoms with E-state index in [0.29, 0.717) is 0 Å². The molecule has 0 fully saturated rings. The highest BCUT2D eigenvalue weighted by atomic mass is 16.3. The molecule has 1 atom stereocenters. The summed E-state index contributed by atoms with van der Waals surface area (Å²) in [4.78, 5) is 0. The zero-order chi connectivity index (χ0) is 13.5. The molecule has 0 spiro atoms. The molecule has 0 amide bonds. The summed E-state index contributed by atoms with van der Waals surface area (Å²) in [5.74, 6) is 0. The van der Waals surface area contributed by atoms with Crippen LogP contribution in [-0.2, 0) is 0 Å². The molecule has 0 saturated carbocycles. The minimum Gasteiger partial charge on any atom is -0.389 e. The van der Waals surface area contributed by atoms with Gasteiger partial charge in [-0.15, -0.1) is 0 Å². The molecule has 0 aromatic rings. The van der Waals surface area contributed by atoms with Crippen LogP contribution in [-0.4, -0.2) is 11.2 Å². The van der Waals surface area contributed by atoms with E-state index >= 15 is 0 Å². The minimum absolute atomic E-state index is 0.258. The Balaban J connectivity index is 3.40. The van der Waals surface area contributed by atoms with Crippen molar-refractivity contribution in [2.75, 3.05) is 0 Å². The Labute approximate surface area is 114 Å². The second-order valence-corrected chi connectivity index (χ2v) is 5.08. The molecular weight excluding hydrogens is 220 g/mol. The maximum absolute atomic E-state index is 9.70. The molecular formula is C17H32O. The van der Waals surface area contributed by atoms with E-state index in [1.165, 1.54) is 44.9 Å². The van der Waals surface area contributed by atoms with Gasteiger partial charge in [0.05, 0.1) is 6.10 Å². The van der Waals surface area contributed by atoms with E-state index in [2.05, 4.69) is 26.0 Å². The van der Waals surface area contributed by atoms with E-state index < -0.39 is 0 Å². The normalized spacial score (nSPS) is 13.7. The summed E-state index contributed by atoms with van der Waals surface area (Å²) in [6, 6.07) is 0. The van der Waals surface area contributed by atoms with Crippen molar-refractivity contribution in [3.63, 3.8) is 0 Å². The molecule has 1 unspecified atom stereocenters. The molecule has 0 aromatic carbocycles. The predicted octanol–water partition coefficient (Wildman–Crippen LogP) is 5.40. The molecule has 0 saturated heterocycles. The summed E-state index contributed by atoms with van der Waals surface area (Å²) in [5, 5.41) is 9.70. The fourth-order valence-corrected chi connectivity index (χ4v) is 1.93. The van der Waals surface area contributed by atoms with E-state index in [1.807, 2.05) is 12.2 Å². The number of aliphatic hydroxyl groups is 1. The fourth-order valence-electron chi connectivity index (χ4n) is 1.93. The van der Waals surface area contributed by atoms with Crippen LogP contribution >= 0.6 is 0 Å². The van der Waals surface area contributed by atoms with Gasteiger partial charge in [0.25, 0.3) is 0 Å². The number of unbranched alkanes of at least 4 members (excludes halogenated alkanes) is 7. The molecule has 18 heavy (non-hydrogen) atoms. The van der Waals surface area contributed by atoms with Gasteiger partial charge in [-0.3, -0.25) is 0 Å². The molecule has 0 aliphatic heterocycles. The van der Waals surface area contributed by atoms with Crippen LogP contribution in [0.3, 0.4) is 0 Å². The van der Waals surface area contributed by atoms with E-state index in [9.17, 15) is 5.11 Å². The summed E-state index contributed by atoms with van der Waals surface area (Å²) in [7, 11) is 0. The lowest BCUT2D eigenvalue weighted by molar-refractivity contribution is 0.208. The van der Waals surface area contributed by atoms with Gasteiger partial charge >= 0.3 is 0 Å². The van der Waals surface area contributed by atoms with E-state index in [1.54, 1.807) is 0 Å². The third-order valence-corrected chi connectivity index (χ3v) is 3.16. The van der Waals surface area contributed by atoms with Crippen LogP contribution in [0.2, 0.25) is 0 Å². The summed E-state index contributed by atoms with van der Waals surface area (Å²) >= 11 is 0. The Morgan fingerprint density at radius 3 is 2.17 bits per heavy atom. The molecule has 0 rings (SSSR count). The number of hydrogen-bond acceptors (Lipinski definition) is 1. The summed E-state index contributed by atoms with van der Waals surface area (Å²) < 4.78 is 0. The average molecular weight is 252 g/mol. The van der Waals surface area contributed by atoms with Gasteiger partial charge in [0.15, 0.2) is 0 Å². The second-order valence-electron chi connectivity index (χ2n) is 5.08. The SMILES string of the molecule is CCCCCC/C=C/C=C/C(O)CCCCCC. The van der Waals surface area contributed by atoms with Gasteiger partial charge in [-0.2, -0.15) is 0 Å². The van der Waals surface area contributed by atoms with Crippen molar-refractivity contribution in [1.82, 2.24) is 0 Å². The summed E-state index contributed by atoms with van der Waals surface area (Å²) in [5.41, 5.74) is 0. The van der Waals surface area contributed by atoms with Crippen molar-refractivity contribution in [2.45, 2.75) is 84.2 Å². The predicted molar refractivity (Wildman–Crippen MR) is 81.8 cm³/mol. The van der Waals surface area contributed by atoms with E-state index in [0.717, 1.165) is 19.3 Å². The lowest BCUT2D eigenvalue weighted by Gasteiger charge is -2.03. The highest BCUT2D eigenvalue weighted by Gasteiger charge is 1.97. The molecule has 0 heterocycles. The zero-order valence-electron chi connectivity index (χ0n) is 12.4. The van der Waals surface area contributed by atoms with Crippen molar-refractivity contribution in [1.29, 1.82) is 0 Å². The molecule has 106 valence electrons. The maximum atomic E-state index is 9.70. The molecule has 0 radical (unpaired) electrons. The van der Waals surface area contributed by atoms with Crippen LogP contribution in [0.1, 0.15) is 78.1 Å². The van der Waals surface area contributed by atoms with Gasteiger partial charge in [0, 0.05) is 0 Å². The number of rotatable bonds is 12. The zero-order valence-corrected chi connectivity index (χ0v) is 12.4. The fraction of sp³-hybridized carbons (Fsp3) is 0.765. The topological polar surface area (TPSA) is 20.2 Å². The van der Waals surface area contributed by atoms with Crippen LogP contribution in [0.25, 0.3) is 0 Å². The van der Waals surface area contributed by atoms with Gasteiger partial charge < -0.3 is 5.11 Å². The number of aliphatic hydroxyl groups excluding tert-OH is 1. The third-order valence-electron chi connectivity index (χ3n) is 3.16. The lowest BCUT2D eigenvalue weighted by Crippen LogP contribution is -2.00. The van der Waals surface area contributed by atoms with Gasteiger partial charge in [-0.05, 0) is 19.3 Å². The van der Waals surface area contributed by atoms with Crippen LogP contribution in [0.5, 0.6) is 0 Å². The number of allylic oxidation sites excluding steroid dienone is 3. The molecule has 0 aliphatic rings. The first kappa shape index (κ1) is 17.4. The average Bonchev–Trinajstić information content (AvgIpc) is 2.38. The summed E-state index contributed by atoms with van der Waals surface area (Å²) in [6.45, 7) is 4.45. The van der Waals surface area contributed by atoms with Crippen LogP contribution < -0.4 is 0 Å². The Bertz CT molecular complexity index is 206. The molecule has 0 bridgehead atoms. The molecule has 1 heteroatoms. The quantitative estimate of drug-likeness (QED) is 0.364. The van der Waals surface area contributed by atoms with Gasteiger partial charge in [0.2, 0.25) is 0 Å². The van der Waals surface area contributed by atoms with Gasteiger partial charge in [0.1, 0.15) is 0 Å². The first-order chi connectivity index (χ1) is 8.81. The van der Waals surface area contributed by atoms with Crippen molar-refractivity contribution in [3.05, 3.63) is 24.3 Å².